The summed E-state index contributed by atoms with van der Waals surface area (Å²) in [6.07, 6.45) is 3.08. The minimum Gasteiger partial charge on any atom is -0.342 e. The van der Waals surface area contributed by atoms with Gasteiger partial charge in [0.1, 0.15) is 0 Å². The molecule has 0 radical (unpaired) electrons. The van der Waals surface area contributed by atoms with E-state index in [1.165, 1.54) is 13.0 Å². The summed E-state index contributed by atoms with van der Waals surface area (Å²) in [6, 6.07) is 12.5. The number of carbonyl (C=O) groups is 2. The van der Waals surface area contributed by atoms with Crippen molar-refractivity contribution in [3.05, 3.63) is 69.7 Å². The second-order valence-corrected chi connectivity index (χ2v) is 6.34. The van der Waals surface area contributed by atoms with E-state index >= 15 is 0 Å². The number of hydrogen-bond donors (Lipinski definition) is 1. The number of nitrogens with zero attached hydrogens (tertiary/aromatic N) is 1. The van der Waals surface area contributed by atoms with Crippen LogP contribution in [0.4, 0.5) is 5.69 Å². The Labute approximate surface area is 157 Å². The van der Waals surface area contributed by atoms with Gasteiger partial charge in [-0.05, 0) is 35.4 Å². The number of rotatable bonds is 5. The van der Waals surface area contributed by atoms with Crippen LogP contribution in [0.3, 0.4) is 0 Å². The Balaban J connectivity index is 2.08. The predicted molar refractivity (Wildman–Crippen MR) is 103 cm³/mol. The molecular formula is C19H18Cl2N2O2. The highest BCUT2D eigenvalue weighted by molar-refractivity contribution is 6.42. The maximum Gasteiger partial charge on any atom is 0.248 e. The first kappa shape index (κ1) is 19.0. The number of nitrogens with one attached hydrogen (secondary N) is 1. The Bertz CT molecular complexity index is 819. The van der Waals surface area contributed by atoms with Crippen LogP contribution in [-0.2, 0) is 16.1 Å². The van der Waals surface area contributed by atoms with E-state index in [4.69, 9.17) is 23.2 Å². The molecule has 0 atom stereocenters. The summed E-state index contributed by atoms with van der Waals surface area (Å²) in [6.45, 7) is 1.92. The molecule has 0 aromatic heterocycles. The summed E-state index contributed by atoms with van der Waals surface area (Å²) in [5, 5.41) is 3.73. The van der Waals surface area contributed by atoms with Crippen LogP contribution in [0.2, 0.25) is 10.0 Å². The van der Waals surface area contributed by atoms with Gasteiger partial charge in [-0.2, -0.15) is 0 Å². The van der Waals surface area contributed by atoms with E-state index in [1.807, 2.05) is 18.2 Å². The zero-order valence-corrected chi connectivity index (χ0v) is 15.4. The van der Waals surface area contributed by atoms with Crippen molar-refractivity contribution < 1.29 is 9.59 Å². The monoisotopic (exact) mass is 376 g/mol. The lowest BCUT2D eigenvalue weighted by Gasteiger charge is -2.17. The van der Waals surface area contributed by atoms with Gasteiger partial charge in [-0.3, -0.25) is 9.59 Å². The van der Waals surface area contributed by atoms with Crippen LogP contribution in [0.5, 0.6) is 0 Å². The summed E-state index contributed by atoms with van der Waals surface area (Å²) in [7, 11) is 1.71. The molecule has 0 aliphatic heterocycles. The summed E-state index contributed by atoms with van der Waals surface area (Å²) >= 11 is 11.8. The van der Waals surface area contributed by atoms with Crippen molar-refractivity contribution in [3.63, 3.8) is 0 Å². The lowest BCUT2D eigenvalue weighted by atomic mass is 10.1. The zero-order valence-electron chi connectivity index (χ0n) is 13.9. The molecule has 2 aromatic rings. The van der Waals surface area contributed by atoms with E-state index in [-0.39, 0.29) is 11.8 Å². The van der Waals surface area contributed by atoms with Gasteiger partial charge in [0.15, 0.2) is 0 Å². The summed E-state index contributed by atoms with van der Waals surface area (Å²) in [4.78, 5) is 25.2. The topological polar surface area (TPSA) is 49.4 Å². The molecule has 2 rings (SSSR count). The van der Waals surface area contributed by atoms with Crippen molar-refractivity contribution in [1.29, 1.82) is 0 Å². The van der Waals surface area contributed by atoms with E-state index in [0.29, 0.717) is 22.3 Å². The van der Waals surface area contributed by atoms with Gasteiger partial charge < -0.3 is 10.2 Å². The van der Waals surface area contributed by atoms with Crippen LogP contribution < -0.4 is 5.32 Å². The summed E-state index contributed by atoms with van der Waals surface area (Å²) < 4.78 is 0. The quantitative estimate of drug-likeness (QED) is 0.773. The number of benzene rings is 2. The Hall–Kier alpha value is -2.30. The molecular weight excluding hydrogens is 359 g/mol. The molecule has 0 saturated heterocycles. The zero-order chi connectivity index (χ0) is 18.4. The smallest absolute Gasteiger partial charge is 0.248 e. The molecule has 0 spiro atoms. The highest BCUT2D eigenvalue weighted by atomic mass is 35.5. The number of para-hydroxylation sites is 1. The second kappa shape index (κ2) is 8.70. The van der Waals surface area contributed by atoms with Gasteiger partial charge in [0.05, 0.1) is 10.0 Å². The van der Waals surface area contributed by atoms with Gasteiger partial charge >= 0.3 is 0 Å². The molecule has 4 nitrogen and oxygen atoms in total. The first-order valence-corrected chi connectivity index (χ1v) is 8.36. The second-order valence-electron chi connectivity index (χ2n) is 5.53. The van der Waals surface area contributed by atoms with E-state index < -0.39 is 0 Å². The molecule has 0 fully saturated rings. The average molecular weight is 377 g/mol. The number of anilines is 1. The number of hydrogen-bond acceptors (Lipinski definition) is 2. The maximum atomic E-state index is 12.2. The molecule has 1 N–H and O–H groups in total. The average Bonchev–Trinajstić information content (AvgIpc) is 2.57. The largest absolute Gasteiger partial charge is 0.342 e. The van der Waals surface area contributed by atoms with Crippen molar-refractivity contribution in [2.24, 2.45) is 0 Å². The van der Waals surface area contributed by atoms with Crippen LogP contribution in [0.25, 0.3) is 6.08 Å². The molecule has 0 heterocycles. The fourth-order valence-corrected chi connectivity index (χ4v) is 2.42. The molecule has 130 valence electrons. The van der Waals surface area contributed by atoms with E-state index in [0.717, 1.165) is 11.1 Å². The third-order valence-electron chi connectivity index (χ3n) is 3.59. The lowest BCUT2D eigenvalue weighted by molar-refractivity contribution is -0.128. The first-order chi connectivity index (χ1) is 11.9. The molecule has 0 aliphatic rings. The van der Waals surface area contributed by atoms with Crippen LogP contribution >= 0.6 is 23.2 Å². The fourth-order valence-electron chi connectivity index (χ4n) is 2.11. The number of amides is 2. The van der Waals surface area contributed by atoms with Gasteiger partial charge in [-0.1, -0.05) is 47.5 Å². The van der Waals surface area contributed by atoms with Crippen molar-refractivity contribution in [2.45, 2.75) is 13.5 Å². The Kier molecular flexibility index (Phi) is 6.62. The van der Waals surface area contributed by atoms with Gasteiger partial charge in [-0.25, -0.2) is 0 Å². The minimum absolute atomic E-state index is 0.0411. The Morgan fingerprint density at radius 2 is 1.84 bits per heavy atom. The molecule has 2 aromatic carbocycles. The van der Waals surface area contributed by atoms with E-state index in [1.54, 1.807) is 42.3 Å². The third-order valence-corrected chi connectivity index (χ3v) is 4.33. The van der Waals surface area contributed by atoms with Crippen LogP contribution in [0.15, 0.2) is 48.5 Å². The standard InChI is InChI=1S/C19H18Cl2N2O2/c1-13(24)23(2)12-15-5-3-4-6-18(15)22-19(25)10-8-14-7-9-16(20)17(21)11-14/h3-11H,12H2,1-2H3,(H,22,25)/b10-8+. The lowest BCUT2D eigenvalue weighted by Crippen LogP contribution is -2.24. The van der Waals surface area contributed by atoms with Crippen molar-refractivity contribution in [2.75, 3.05) is 12.4 Å². The Morgan fingerprint density at radius 1 is 1.12 bits per heavy atom. The highest BCUT2D eigenvalue weighted by Gasteiger charge is 2.09. The molecule has 0 aliphatic carbocycles. The van der Waals surface area contributed by atoms with Gasteiger partial charge in [0, 0.05) is 32.3 Å². The number of carbonyl (C=O) groups excluding carboxylic acids is 2. The molecule has 0 bridgehead atoms. The highest BCUT2D eigenvalue weighted by Crippen LogP contribution is 2.23. The van der Waals surface area contributed by atoms with E-state index in [2.05, 4.69) is 5.32 Å². The van der Waals surface area contributed by atoms with Gasteiger partial charge in [0.2, 0.25) is 11.8 Å². The minimum atomic E-state index is -0.274. The summed E-state index contributed by atoms with van der Waals surface area (Å²) in [5.74, 6) is -0.315. The van der Waals surface area contributed by atoms with Crippen LogP contribution in [-0.4, -0.2) is 23.8 Å². The van der Waals surface area contributed by atoms with Gasteiger partial charge in [-0.15, -0.1) is 0 Å². The summed E-state index contributed by atoms with van der Waals surface area (Å²) in [5.41, 5.74) is 2.30. The normalized spacial score (nSPS) is 10.7. The van der Waals surface area contributed by atoms with Crippen LogP contribution in [0.1, 0.15) is 18.1 Å². The SMILES string of the molecule is CC(=O)N(C)Cc1ccccc1NC(=O)/C=C/c1ccc(Cl)c(Cl)c1. The molecule has 0 unspecified atom stereocenters. The molecule has 0 saturated carbocycles. The van der Waals surface area contributed by atoms with Crippen molar-refractivity contribution >= 4 is 46.8 Å². The van der Waals surface area contributed by atoms with Crippen molar-refractivity contribution in [1.82, 2.24) is 4.90 Å². The fraction of sp³-hybridized carbons (Fsp3) is 0.158. The van der Waals surface area contributed by atoms with Crippen LogP contribution in [0, 0.1) is 0 Å². The maximum absolute atomic E-state index is 12.2. The molecule has 6 heteroatoms. The predicted octanol–water partition coefficient (Wildman–Crippen LogP) is 4.62. The Morgan fingerprint density at radius 3 is 2.52 bits per heavy atom. The van der Waals surface area contributed by atoms with E-state index in [9.17, 15) is 9.59 Å². The molecule has 2 amide bonds. The van der Waals surface area contributed by atoms with Gasteiger partial charge in [0.25, 0.3) is 0 Å². The first-order valence-electron chi connectivity index (χ1n) is 7.60. The van der Waals surface area contributed by atoms with Crippen molar-refractivity contribution in [3.8, 4) is 0 Å². The molecule has 25 heavy (non-hydrogen) atoms. The number of halogens is 2. The third kappa shape index (κ3) is 5.62.